The summed E-state index contributed by atoms with van der Waals surface area (Å²) < 4.78 is 0. The topological polar surface area (TPSA) is 42.9 Å². The minimum Gasteiger partial charge on any atom is -0.303 e. The van der Waals surface area contributed by atoms with Crippen molar-refractivity contribution in [1.82, 2.24) is 9.97 Å². The summed E-state index contributed by atoms with van der Waals surface area (Å²) in [6.45, 7) is 0. The number of hydrogen-bond acceptors (Lipinski definition) is 3. The number of nitrogens with zero attached hydrogens (tertiary/aromatic N) is 2. The molecular formula is C12H10N2O. The Morgan fingerprint density at radius 2 is 2.07 bits per heavy atom. The number of rotatable bonds is 3. The molecule has 0 aromatic carbocycles. The highest BCUT2D eigenvalue weighted by molar-refractivity contribution is 5.67. The van der Waals surface area contributed by atoms with Gasteiger partial charge in [-0.1, -0.05) is 6.07 Å². The third-order valence-electron chi connectivity index (χ3n) is 2.13. The normalized spacial score (nSPS) is 9.87. The van der Waals surface area contributed by atoms with Gasteiger partial charge < -0.3 is 4.79 Å². The van der Waals surface area contributed by atoms with Crippen molar-refractivity contribution in [3.05, 3.63) is 48.4 Å². The third kappa shape index (κ3) is 2.07. The Morgan fingerprint density at radius 1 is 1.20 bits per heavy atom. The molecule has 0 spiro atoms. The molecule has 0 aliphatic heterocycles. The Labute approximate surface area is 87.8 Å². The van der Waals surface area contributed by atoms with Crippen molar-refractivity contribution in [2.45, 2.75) is 6.42 Å². The second-order valence-electron chi connectivity index (χ2n) is 3.12. The molecule has 0 radical (unpaired) electrons. The molecule has 0 atom stereocenters. The van der Waals surface area contributed by atoms with Gasteiger partial charge in [0.05, 0.1) is 5.69 Å². The van der Waals surface area contributed by atoms with E-state index in [0.29, 0.717) is 6.42 Å². The number of hydrogen-bond donors (Lipinski definition) is 0. The molecule has 0 saturated heterocycles. The summed E-state index contributed by atoms with van der Waals surface area (Å²) in [6.07, 6.45) is 6.45. The van der Waals surface area contributed by atoms with Gasteiger partial charge in [0.25, 0.3) is 0 Å². The van der Waals surface area contributed by atoms with Gasteiger partial charge in [-0.3, -0.25) is 9.97 Å². The van der Waals surface area contributed by atoms with Gasteiger partial charge in [-0.15, -0.1) is 0 Å². The summed E-state index contributed by atoms with van der Waals surface area (Å²) in [7, 11) is 0. The molecule has 0 amide bonds. The minimum atomic E-state index is 0.387. The second kappa shape index (κ2) is 4.46. The van der Waals surface area contributed by atoms with Gasteiger partial charge >= 0.3 is 0 Å². The van der Waals surface area contributed by atoms with Gasteiger partial charge in [-0.05, 0) is 23.8 Å². The molecule has 0 aliphatic rings. The van der Waals surface area contributed by atoms with Gasteiger partial charge in [-0.25, -0.2) is 0 Å². The fourth-order valence-corrected chi connectivity index (χ4v) is 1.46. The summed E-state index contributed by atoms with van der Waals surface area (Å²) >= 11 is 0. The molecule has 0 fully saturated rings. The maximum Gasteiger partial charge on any atom is 0.124 e. The molecule has 3 heteroatoms. The Bertz CT molecular complexity index is 454. The van der Waals surface area contributed by atoms with E-state index >= 15 is 0 Å². The van der Waals surface area contributed by atoms with Crippen LogP contribution in [-0.4, -0.2) is 16.3 Å². The molecule has 0 saturated carbocycles. The monoisotopic (exact) mass is 198 g/mol. The van der Waals surface area contributed by atoms with Crippen molar-refractivity contribution >= 4 is 6.29 Å². The van der Waals surface area contributed by atoms with Gasteiger partial charge in [0.1, 0.15) is 6.29 Å². The van der Waals surface area contributed by atoms with E-state index in [1.807, 2.05) is 24.3 Å². The smallest absolute Gasteiger partial charge is 0.124 e. The second-order valence-corrected chi connectivity index (χ2v) is 3.12. The van der Waals surface area contributed by atoms with Crippen LogP contribution >= 0.6 is 0 Å². The van der Waals surface area contributed by atoms with Gasteiger partial charge in [0, 0.05) is 30.6 Å². The lowest BCUT2D eigenvalue weighted by atomic mass is 10.1. The largest absolute Gasteiger partial charge is 0.303 e. The van der Waals surface area contributed by atoms with Crippen molar-refractivity contribution in [3.63, 3.8) is 0 Å². The van der Waals surface area contributed by atoms with Gasteiger partial charge in [-0.2, -0.15) is 0 Å². The van der Waals surface area contributed by atoms with Crippen LogP contribution in [0, 0.1) is 0 Å². The quantitative estimate of drug-likeness (QED) is 0.707. The maximum absolute atomic E-state index is 10.5. The minimum absolute atomic E-state index is 0.387. The van der Waals surface area contributed by atoms with E-state index < -0.39 is 0 Å². The fraction of sp³-hybridized carbons (Fsp3) is 0.0833. The zero-order valence-corrected chi connectivity index (χ0v) is 8.13. The van der Waals surface area contributed by atoms with Crippen molar-refractivity contribution in [3.8, 4) is 11.3 Å². The van der Waals surface area contributed by atoms with E-state index in [-0.39, 0.29) is 0 Å². The predicted molar refractivity (Wildman–Crippen MR) is 57.2 cm³/mol. The average molecular weight is 198 g/mol. The first-order valence-electron chi connectivity index (χ1n) is 4.70. The van der Waals surface area contributed by atoms with Gasteiger partial charge in [0.2, 0.25) is 0 Å². The molecule has 0 unspecified atom stereocenters. The molecule has 3 nitrogen and oxygen atoms in total. The van der Waals surface area contributed by atoms with Gasteiger partial charge in [0.15, 0.2) is 0 Å². The summed E-state index contributed by atoms with van der Waals surface area (Å²) in [5.41, 5.74) is 2.70. The lowest BCUT2D eigenvalue weighted by Gasteiger charge is -2.04. The van der Waals surface area contributed by atoms with E-state index in [4.69, 9.17) is 0 Å². The standard InChI is InChI=1S/C12H10N2O/c15-8-5-10-3-2-7-14-12(10)11-4-1-6-13-9-11/h1-4,6-9H,5H2. The molecule has 0 aliphatic carbocycles. The van der Waals surface area contributed by atoms with E-state index in [1.54, 1.807) is 18.6 Å². The van der Waals surface area contributed by atoms with Crippen LogP contribution in [0.3, 0.4) is 0 Å². The first-order chi connectivity index (χ1) is 7.42. The molecule has 2 aromatic rings. The van der Waals surface area contributed by atoms with Crippen molar-refractivity contribution < 1.29 is 4.79 Å². The molecular weight excluding hydrogens is 188 g/mol. The highest BCUT2D eigenvalue weighted by Gasteiger charge is 2.04. The lowest BCUT2D eigenvalue weighted by molar-refractivity contribution is -0.107. The average Bonchev–Trinajstić information content (AvgIpc) is 2.31. The van der Waals surface area contributed by atoms with Crippen LogP contribution in [0.2, 0.25) is 0 Å². The number of pyridine rings is 2. The Hall–Kier alpha value is -2.03. The third-order valence-corrected chi connectivity index (χ3v) is 2.13. The number of aromatic nitrogens is 2. The Morgan fingerprint density at radius 3 is 2.80 bits per heavy atom. The van der Waals surface area contributed by atoms with E-state index in [1.165, 1.54) is 0 Å². The van der Waals surface area contributed by atoms with Crippen LogP contribution in [0.15, 0.2) is 42.9 Å². The van der Waals surface area contributed by atoms with Crippen molar-refractivity contribution in [2.75, 3.05) is 0 Å². The SMILES string of the molecule is O=CCc1cccnc1-c1cccnc1. The number of carbonyl (C=O) groups excluding carboxylic acids is 1. The fourth-order valence-electron chi connectivity index (χ4n) is 1.46. The van der Waals surface area contributed by atoms with E-state index in [2.05, 4.69) is 9.97 Å². The number of carbonyl (C=O) groups is 1. The highest BCUT2D eigenvalue weighted by Crippen LogP contribution is 2.19. The van der Waals surface area contributed by atoms with E-state index in [9.17, 15) is 4.79 Å². The van der Waals surface area contributed by atoms with Crippen LogP contribution in [-0.2, 0) is 11.2 Å². The highest BCUT2D eigenvalue weighted by atomic mass is 16.1. The van der Waals surface area contributed by atoms with Crippen molar-refractivity contribution in [2.24, 2.45) is 0 Å². The lowest BCUT2D eigenvalue weighted by Crippen LogP contribution is -1.93. The molecule has 15 heavy (non-hydrogen) atoms. The molecule has 2 rings (SSSR count). The molecule has 74 valence electrons. The van der Waals surface area contributed by atoms with Crippen LogP contribution in [0.1, 0.15) is 5.56 Å². The first-order valence-corrected chi connectivity index (χ1v) is 4.70. The van der Waals surface area contributed by atoms with Crippen LogP contribution in [0.4, 0.5) is 0 Å². The Balaban J connectivity index is 2.48. The van der Waals surface area contributed by atoms with E-state index in [0.717, 1.165) is 23.1 Å². The van der Waals surface area contributed by atoms with Crippen molar-refractivity contribution in [1.29, 1.82) is 0 Å². The van der Waals surface area contributed by atoms with Crippen LogP contribution in [0.25, 0.3) is 11.3 Å². The molecule has 0 N–H and O–H groups in total. The first kappa shape index (κ1) is 9.52. The van der Waals surface area contributed by atoms with Crippen LogP contribution < -0.4 is 0 Å². The molecule has 2 aromatic heterocycles. The summed E-state index contributed by atoms with van der Waals surface area (Å²) in [6, 6.07) is 7.53. The summed E-state index contributed by atoms with van der Waals surface area (Å²) in [5, 5.41) is 0. The summed E-state index contributed by atoms with van der Waals surface area (Å²) in [5.74, 6) is 0. The summed E-state index contributed by atoms with van der Waals surface area (Å²) in [4.78, 5) is 18.8. The molecule has 2 heterocycles. The Kier molecular flexibility index (Phi) is 2.83. The zero-order chi connectivity index (χ0) is 10.5. The predicted octanol–water partition coefficient (Wildman–Crippen LogP) is 1.89. The van der Waals surface area contributed by atoms with Crippen LogP contribution in [0.5, 0.6) is 0 Å². The maximum atomic E-state index is 10.5. The number of aldehydes is 1. The zero-order valence-electron chi connectivity index (χ0n) is 8.13. The molecule has 0 bridgehead atoms.